The van der Waals surface area contributed by atoms with Crippen molar-refractivity contribution < 1.29 is 18.9 Å². The predicted molar refractivity (Wildman–Crippen MR) is 89.2 cm³/mol. The summed E-state index contributed by atoms with van der Waals surface area (Å²) >= 11 is 0. The zero-order valence-corrected chi connectivity index (χ0v) is 13.3. The average molecular weight is 349 g/mol. The van der Waals surface area contributed by atoms with Gasteiger partial charge in [0.25, 0.3) is 17.5 Å². The normalized spacial score (nSPS) is 13.2. The van der Waals surface area contributed by atoms with Crippen molar-refractivity contribution in [1.29, 1.82) is 0 Å². The highest BCUT2D eigenvalue weighted by atomic mass is 16.6. The number of nitro groups is 1. The first-order valence-corrected chi connectivity index (χ1v) is 7.69. The Morgan fingerprint density at radius 3 is 2.50 bits per heavy atom. The Balaban J connectivity index is 1.60. The molecule has 0 spiro atoms. The molecule has 8 nitrogen and oxygen atoms in total. The van der Waals surface area contributed by atoms with Crippen molar-refractivity contribution in [3.63, 3.8) is 0 Å². The molecule has 4 rings (SSSR count). The minimum absolute atomic E-state index is 0.0130. The number of nitro benzene ring substituents is 1. The van der Waals surface area contributed by atoms with Crippen LogP contribution in [0.15, 0.2) is 59.1 Å². The summed E-state index contributed by atoms with van der Waals surface area (Å²) in [4.78, 5) is 40.3. The standard InChI is InChI=1S/C18H11N3O5/c22-17-13-7-6-12(21(24)25)8-14(13)18(23)20(17)10-16-19-9-15(26-16)11-4-2-1-3-5-11/h1-9H,10H2. The van der Waals surface area contributed by atoms with Crippen LogP contribution in [0.3, 0.4) is 0 Å². The van der Waals surface area contributed by atoms with Gasteiger partial charge in [0.05, 0.1) is 22.2 Å². The monoisotopic (exact) mass is 349 g/mol. The highest BCUT2D eigenvalue weighted by Crippen LogP contribution is 2.28. The summed E-state index contributed by atoms with van der Waals surface area (Å²) in [5, 5.41) is 10.9. The molecule has 0 saturated carbocycles. The Kier molecular flexibility index (Phi) is 3.58. The molecule has 26 heavy (non-hydrogen) atoms. The number of rotatable bonds is 4. The number of non-ortho nitro benzene ring substituents is 1. The molecule has 2 aromatic carbocycles. The minimum Gasteiger partial charge on any atom is -0.439 e. The zero-order chi connectivity index (χ0) is 18.3. The van der Waals surface area contributed by atoms with Crippen LogP contribution in [-0.4, -0.2) is 26.6 Å². The van der Waals surface area contributed by atoms with Gasteiger partial charge in [0.1, 0.15) is 6.54 Å². The van der Waals surface area contributed by atoms with E-state index in [0.29, 0.717) is 5.76 Å². The number of fused-ring (bicyclic) bond motifs is 1. The maximum atomic E-state index is 12.5. The second kappa shape index (κ2) is 5.92. The summed E-state index contributed by atoms with van der Waals surface area (Å²) in [6.45, 7) is -0.146. The Hall–Kier alpha value is -3.81. The van der Waals surface area contributed by atoms with Gasteiger partial charge in [-0.1, -0.05) is 30.3 Å². The van der Waals surface area contributed by atoms with E-state index in [-0.39, 0.29) is 29.2 Å². The SMILES string of the molecule is O=C1c2ccc([N+](=O)[O-])cc2C(=O)N1Cc1ncc(-c2ccccc2)o1. The topological polar surface area (TPSA) is 107 Å². The van der Waals surface area contributed by atoms with Crippen LogP contribution < -0.4 is 0 Å². The van der Waals surface area contributed by atoms with Gasteiger partial charge in [-0.2, -0.15) is 0 Å². The van der Waals surface area contributed by atoms with Crippen LogP contribution in [-0.2, 0) is 6.54 Å². The first kappa shape index (κ1) is 15.7. The van der Waals surface area contributed by atoms with Crippen LogP contribution in [0.5, 0.6) is 0 Å². The van der Waals surface area contributed by atoms with Gasteiger partial charge in [-0.05, 0) is 6.07 Å². The van der Waals surface area contributed by atoms with E-state index in [0.717, 1.165) is 16.5 Å². The molecule has 8 heteroatoms. The third-order valence-corrected chi connectivity index (χ3v) is 4.07. The Morgan fingerprint density at radius 2 is 1.77 bits per heavy atom. The van der Waals surface area contributed by atoms with Crippen molar-refractivity contribution in [3.05, 3.63) is 81.9 Å². The summed E-state index contributed by atoms with van der Waals surface area (Å²) in [6, 6.07) is 12.9. The maximum Gasteiger partial charge on any atom is 0.270 e. The van der Waals surface area contributed by atoms with Crippen molar-refractivity contribution in [3.8, 4) is 11.3 Å². The molecule has 1 aromatic heterocycles. The molecular formula is C18H11N3O5. The summed E-state index contributed by atoms with van der Waals surface area (Å²) in [5.41, 5.74) is 0.730. The fourth-order valence-corrected chi connectivity index (χ4v) is 2.79. The van der Waals surface area contributed by atoms with Crippen molar-refractivity contribution in [2.45, 2.75) is 6.54 Å². The molecule has 1 aliphatic heterocycles. The number of nitrogens with zero attached hydrogens (tertiary/aromatic N) is 3. The van der Waals surface area contributed by atoms with Crippen molar-refractivity contribution >= 4 is 17.5 Å². The highest BCUT2D eigenvalue weighted by Gasteiger charge is 2.37. The lowest BCUT2D eigenvalue weighted by Gasteiger charge is -2.10. The number of amides is 2. The second-order valence-corrected chi connectivity index (χ2v) is 5.67. The number of carbonyl (C=O) groups excluding carboxylic acids is 2. The van der Waals surface area contributed by atoms with E-state index in [1.54, 1.807) is 0 Å². The molecule has 2 amide bonds. The van der Waals surface area contributed by atoms with E-state index >= 15 is 0 Å². The van der Waals surface area contributed by atoms with E-state index < -0.39 is 16.7 Å². The molecule has 0 unspecified atom stereocenters. The maximum absolute atomic E-state index is 12.5. The van der Waals surface area contributed by atoms with Crippen LogP contribution in [0.4, 0.5) is 5.69 Å². The first-order chi connectivity index (χ1) is 12.5. The van der Waals surface area contributed by atoms with E-state index in [1.807, 2.05) is 30.3 Å². The number of hydrogen-bond donors (Lipinski definition) is 0. The molecular weight excluding hydrogens is 338 g/mol. The van der Waals surface area contributed by atoms with Crippen LogP contribution >= 0.6 is 0 Å². The fourth-order valence-electron chi connectivity index (χ4n) is 2.79. The molecule has 128 valence electrons. The first-order valence-electron chi connectivity index (χ1n) is 7.69. The van der Waals surface area contributed by atoms with Crippen LogP contribution in [0.25, 0.3) is 11.3 Å². The quantitative estimate of drug-likeness (QED) is 0.407. The smallest absolute Gasteiger partial charge is 0.270 e. The lowest BCUT2D eigenvalue weighted by atomic mass is 10.1. The molecule has 2 heterocycles. The van der Waals surface area contributed by atoms with Crippen LogP contribution in [0.1, 0.15) is 26.6 Å². The van der Waals surface area contributed by atoms with E-state index in [2.05, 4.69) is 4.98 Å². The highest BCUT2D eigenvalue weighted by molar-refractivity contribution is 6.21. The van der Waals surface area contributed by atoms with E-state index in [9.17, 15) is 19.7 Å². The largest absolute Gasteiger partial charge is 0.439 e. The fraction of sp³-hybridized carbons (Fsp3) is 0.0556. The molecule has 3 aromatic rings. The van der Waals surface area contributed by atoms with Gasteiger partial charge in [0, 0.05) is 17.7 Å². The zero-order valence-electron chi connectivity index (χ0n) is 13.3. The Morgan fingerprint density at radius 1 is 1.04 bits per heavy atom. The Labute approximate surface area is 146 Å². The van der Waals surface area contributed by atoms with E-state index in [1.165, 1.54) is 18.3 Å². The van der Waals surface area contributed by atoms with Crippen LogP contribution in [0.2, 0.25) is 0 Å². The Bertz CT molecular complexity index is 1040. The number of benzene rings is 2. The average Bonchev–Trinajstić information content (AvgIpc) is 3.22. The molecule has 0 fully saturated rings. The van der Waals surface area contributed by atoms with Gasteiger partial charge in [-0.15, -0.1) is 0 Å². The number of imide groups is 1. The third-order valence-electron chi connectivity index (χ3n) is 4.07. The van der Waals surface area contributed by atoms with Gasteiger partial charge < -0.3 is 4.42 Å². The van der Waals surface area contributed by atoms with Crippen molar-refractivity contribution in [2.24, 2.45) is 0 Å². The van der Waals surface area contributed by atoms with Crippen LogP contribution in [0, 0.1) is 10.1 Å². The lowest BCUT2D eigenvalue weighted by molar-refractivity contribution is -0.384. The summed E-state index contributed by atoms with van der Waals surface area (Å²) in [5.74, 6) is -0.409. The van der Waals surface area contributed by atoms with Crippen molar-refractivity contribution in [2.75, 3.05) is 0 Å². The van der Waals surface area contributed by atoms with Gasteiger partial charge in [0.15, 0.2) is 5.76 Å². The second-order valence-electron chi connectivity index (χ2n) is 5.67. The third kappa shape index (κ3) is 2.53. The number of carbonyl (C=O) groups is 2. The number of aromatic nitrogens is 1. The molecule has 0 aliphatic carbocycles. The van der Waals surface area contributed by atoms with Gasteiger partial charge in [-0.3, -0.25) is 24.6 Å². The van der Waals surface area contributed by atoms with Crippen molar-refractivity contribution in [1.82, 2.24) is 9.88 Å². The molecule has 0 N–H and O–H groups in total. The predicted octanol–water partition coefficient (Wildman–Crippen LogP) is 3.05. The van der Waals surface area contributed by atoms with E-state index in [4.69, 9.17) is 4.42 Å². The summed E-state index contributed by atoms with van der Waals surface area (Å²) < 4.78 is 5.62. The lowest BCUT2D eigenvalue weighted by Crippen LogP contribution is -2.29. The molecule has 0 atom stereocenters. The molecule has 0 saturated heterocycles. The number of oxazole rings is 1. The number of hydrogen-bond acceptors (Lipinski definition) is 6. The molecule has 0 radical (unpaired) electrons. The summed E-state index contributed by atoms with van der Waals surface area (Å²) in [7, 11) is 0. The summed E-state index contributed by atoms with van der Waals surface area (Å²) in [6.07, 6.45) is 1.52. The molecule has 1 aliphatic rings. The molecule has 0 bridgehead atoms. The van der Waals surface area contributed by atoms with Gasteiger partial charge in [-0.25, -0.2) is 4.98 Å². The minimum atomic E-state index is -0.610. The van der Waals surface area contributed by atoms with Gasteiger partial charge in [0.2, 0.25) is 5.89 Å². The van der Waals surface area contributed by atoms with Gasteiger partial charge >= 0.3 is 0 Å².